The van der Waals surface area contributed by atoms with Crippen molar-refractivity contribution in [2.24, 2.45) is 0 Å². The normalized spacial score (nSPS) is 23.8. The molecule has 17 heavy (non-hydrogen) atoms. The van der Waals surface area contributed by atoms with E-state index in [0.29, 0.717) is 0 Å². The maximum atomic E-state index is 12.2. The highest BCUT2D eigenvalue weighted by molar-refractivity contribution is 7.09. The first-order valence-corrected chi connectivity index (χ1v) is 7.20. The van der Waals surface area contributed by atoms with Gasteiger partial charge in [-0.3, -0.25) is 4.79 Å². The average Bonchev–Trinajstić information content (AvgIpc) is 3.00. The van der Waals surface area contributed by atoms with E-state index >= 15 is 0 Å². The van der Waals surface area contributed by atoms with Gasteiger partial charge in [-0.25, -0.2) is 0 Å². The summed E-state index contributed by atoms with van der Waals surface area (Å²) in [5.74, 6) is 0.175. The van der Waals surface area contributed by atoms with Crippen molar-refractivity contribution in [2.75, 3.05) is 13.1 Å². The number of rotatable bonds is 5. The molecule has 1 aliphatic rings. The van der Waals surface area contributed by atoms with Crippen molar-refractivity contribution < 1.29 is 4.79 Å². The second-order valence-electron chi connectivity index (χ2n) is 4.55. The molecule has 1 atom stereocenters. The van der Waals surface area contributed by atoms with Crippen LogP contribution in [0.3, 0.4) is 0 Å². The maximum Gasteiger partial charge on any atom is 0.240 e. The van der Waals surface area contributed by atoms with E-state index in [-0.39, 0.29) is 11.4 Å². The predicted octanol–water partition coefficient (Wildman–Crippen LogP) is 1.94. The zero-order valence-electron chi connectivity index (χ0n) is 10.3. The Labute approximate surface area is 107 Å². The standard InChI is InChI=1S/C13H20N2OS/c1-2-13(7-4-8-15-13)12(16)14-9-6-11-5-3-10-17-11/h3,5,10,15H,2,4,6-9H2,1H3,(H,14,16). The molecule has 1 aromatic heterocycles. The molecule has 1 aromatic rings. The molecule has 2 N–H and O–H groups in total. The van der Waals surface area contributed by atoms with Crippen LogP contribution < -0.4 is 10.6 Å². The van der Waals surface area contributed by atoms with E-state index in [0.717, 1.165) is 38.8 Å². The molecule has 1 aliphatic heterocycles. The number of nitrogens with one attached hydrogen (secondary N) is 2. The second-order valence-corrected chi connectivity index (χ2v) is 5.58. The summed E-state index contributed by atoms with van der Waals surface area (Å²) in [4.78, 5) is 13.5. The molecule has 2 rings (SSSR count). The highest BCUT2D eigenvalue weighted by Gasteiger charge is 2.38. The molecule has 0 saturated carbocycles. The number of thiophene rings is 1. The van der Waals surface area contributed by atoms with Gasteiger partial charge in [-0.2, -0.15) is 0 Å². The van der Waals surface area contributed by atoms with E-state index in [9.17, 15) is 4.79 Å². The van der Waals surface area contributed by atoms with Gasteiger partial charge in [-0.1, -0.05) is 13.0 Å². The minimum absolute atomic E-state index is 0.175. The summed E-state index contributed by atoms with van der Waals surface area (Å²) in [5, 5.41) is 8.49. The van der Waals surface area contributed by atoms with Gasteiger partial charge in [0.15, 0.2) is 0 Å². The van der Waals surface area contributed by atoms with E-state index in [1.807, 2.05) is 6.07 Å². The first-order chi connectivity index (χ1) is 8.27. The van der Waals surface area contributed by atoms with E-state index < -0.39 is 0 Å². The molecule has 2 heterocycles. The monoisotopic (exact) mass is 252 g/mol. The van der Waals surface area contributed by atoms with Gasteiger partial charge in [0.05, 0.1) is 5.54 Å². The second kappa shape index (κ2) is 5.65. The lowest BCUT2D eigenvalue weighted by Crippen LogP contribution is -2.53. The molecule has 0 spiro atoms. The van der Waals surface area contributed by atoms with Crippen LogP contribution in [0, 0.1) is 0 Å². The van der Waals surface area contributed by atoms with Crippen LogP contribution in [0.4, 0.5) is 0 Å². The van der Waals surface area contributed by atoms with Crippen molar-refractivity contribution in [3.63, 3.8) is 0 Å². The minimum Gasteiger partial charge on any atom is -0.354 e. The lowest BCUT2D eigenvalue weighted by Gasteiger charge is -2.26. The van der Waals surface area contributed by atoms with Crippen LogP contribution in [0.15, 0.2) is 17.5 Å². The van der Waals surface area contributed by atoms with Gasteiger partial charge in [0, 0.05) is 11.4 Å². The molecular formula is C13H20N2OS. The summed E-state index contributed by atoms with van der Waals surface area (Å²) in [6, 6.07) is 4.16. The zero-order valence-corrected chi connectivity index (χ0v) is 11.1. The molecule has 3 nitrogen and oxygen atoms in total. The first-order valence-electron chi connectivity index (χ1n) is 6.32. The molecule has 1 unspecified atom stereocenters. The third-order valence-corrected chi connectivity index (χ3v) is 4.46. The van der Waals surface area contributed by atoms with Gasteiger partial charge in [0.2, 0.25) is 5.91 Å². The topological polar surface area (TPSA) is 41.1 Å². The van der Waals surface area contributed by atoms with Crippen LogP contribution in [-0.4, -0.2) is 24.5 Å². The third kappa shape index (κ3) is 2.87. The SMILES string of the molecule is CCC1(C(=O)NCCc2cccs2)CCCN1. The molecule has 1 amide bonds. The predicted molar refractivity (Wildman–Crippen MR) is 71.3 cm³/mol. The Morgan fingerprint density at radius 3 is 3.12 bits per heavy atom. The van der Waals surface area contributed by atoms with Gasteiger partial charge >= 0.3 is 0 Å². The Bertz CT molecular complexity index is 356. The Morgan fingerprint density at radius 2 is 2.53 bits per heavy atom. The lowest BCUT2D eigenvalue weighted by atomic mass is 9.93. The van der Waals surface area contributed by atoms with Crippen molar-refractivity contribution in [2.45, 2.75) is 38.1 Å². The smallest absolute Gasteiger partial charge is 0.240 e. The van der Waals surface area contributed by atoms with Gasteiger partial charge in [0.25, 0.3) is 0 Å². The van der Waals surface area contributed by atoms with Crippen LogP contribution in [-0.2, 0) is 11.2 Å². The van der Waals surface area contributed by atoms with Crippen LogP contribution >= 0.6 is 11.3 Å². The quantitative estimate of drug-likeness (QED) is 0.841. The summed E-state index contributed by atoms with van der Waals surface area (Å²) in [6.07, 6.45) is 3.88. The van der Waals surface area contributed by atoms with Crippen LogP contribution in [0.25, 0.3) is 0 Å². The number of carbonyl (C=O) groups is 1. The Morgan fingerprint density at radius 1 is 1.65 bits per heavy atom. The molecule has 0 radical (unpaired) electrons. The molecule has 0 aromatic carbocycles. The van der Waals surface area contributed by atoms with E-state index in [2.05, 4.69) is 29.0 Å². The highest BCUT2D eigenvalue weighted by Crippen LogP contribution is 2.23. The average molecular weight is 252 g/mol. The Balaban J connectivity index is 1.80. The molecule has 1 saturated heterocycles. The van der Waals surface area contributed by atoms with Crippen LogP contribution in [0.1, 0.15) is 31.1 Å². The summed E-state index contributed by atoms with van der Waals surface area (Å²) in [6.45, 7) is 3.78. The largest absolute Gasteiger partial charge is 0.354 e. The van der Waals surface area contributed by atoms with Crippen molar-refractivity contribution in [1.82, 2.24) is 10.6 Å². The van der Waals surface area contributed by atoms with E-state index in [1.54, 1.807) is 11.3 Å². The fourth-order valence-electron chi connectivity index (χ4n) is 2.39. The molecular weight excluding hydrogens is 232 g/mol. The lowest BCUT2D eigenvalue weighted by molar-refractivity contribution is -0.127. The number of hydrogen-bond donors (Lipinski definition) is 2. The summed E-state index contributed by atoms with van der Waals surface area (Å²) >= 11 is 1.74. The minimum atomic E-state index is -0.296. The van der Waals surface area contributed by atoms with Crippen LogP contribution in [0.2, 0.25) is 0 Å². The van der Waals surface area contributed by atoms with Gasteiger partial charge in [0.1, 0.15) is 0 Å². The molecule has 0 aliphatic carbocycles. The number of carbonyl (C=O) groups excluding carboxylic acids is 1. The molecule has 0 bridgehead atoms. The summed E-state index contributed by atoms with van der Waals surface area (Å²) < 4.78 is 0. The van der Waals surface area contributed by atoms with Gasteiger partial charge < -0.3 is 10.6 Å². The summed E-state index contributed by atoms with van der Waals surface area (Å²) in [7, 11) is 0. The van der Waals surface area contributed by atoms with Crippen molar-refractivity contribution in [3.8, 4) is 0 Å². The Hall–Kier alpha value is -0.870. The fourth-order valence-corrected chi connectivity index (χ4v) is 3.09. The van der Waals surface area contributed by atoms with Crippen molar-refractivity contribution >= 4 is 17.2 Å². The third-order valence-electron chi connectivity index (χ3n) is 3.52. The van der Waals surface area contributed by atoms with Gasteiger partial charge in [-0.15, -0.1) is 11.3 Å². The summed E-state index contributed by atoms with van der Waals surface area (Å²) in [5.41, 5.74) is -0.296. The molecule has 4 heteroatoms. The van der Waals surface area contributed by atoms with E-state index in [4.69, 9.17) is 0 Å². The molecule has 1 fully saturated rings. The highest BCUT2D eigenvalue weighted by atomic mass is 32.1. The number of amides is 1. The van der Waals surface area contributed by atoms with Gasteiger partial charge in [-0.05, 0) is 43.7 Å². The van der Waals surface area contributed by atoms with Crippen molar-refractivity contribution in [1.29, 1.82) is 0 Å². The first kappa shape index (κ1) is 12.6. The van der Waals surface area contributed by atoms with E-state index in [1.165, 1.54) is 4.88 Å². The Kier molecular flexibility index (Phi) is 4.18. The van der Waals surface area contributed by atoms with Crippen LogP contribution in [0.5, 0.6) is 0 Å². The molecule has 94 valence electrons. The maximum absolute atomic E-state index is 12.2. The zero-order chi connectivity index (χ0) is 12.1. The fraction of sp³-hybridized carbons (Fsp3) is 0.615. The number of hydrogen-bond acceptors (Lipinski definition) is 3. The van der Waals surface area contributed by atoms with Crippen molar-refractivity contribution in [3.05, 3.63) is 22.4 Å².